The number of likely N-dealkylation sites (N-methyl/N-ethyl adjacent to an activating group) is 1. The molecule has 1 fully saturated rings. The standard InChI is InChI=1S/C35H39N3O5/c1-37(43-21-24-13-6-3-7-14-24)30(39)22-42-34-26-16-9-8-15-25(26)19-29-32(34)31-27(33(40)35(36)41)17-10-18-28(31)38(29)20-23-11-4-2-5-12-23/h3,6-7,10,13-14,17-19,23H,2,4-5,8-9,11-12,15-16,20-22H2,1H3,(H2,36,41). The van der Waals surface area contributed by atoms with Crippen LogP contribution in [0.5, 0.6) is 5.75 Å². The SMILES string of the molecule is CN(OCc1ccccc1)C(=O)COc1c2c(cc3c1c1c(C(=O)C(N)=O)cccc1n3CC1CCCCC1)CCCC2. The molecule has 3 aromatic carbocycles. The average molecular weight is 582 g/mol. The lowest BCUT2D eigenvalue weighted by Gasteiger charge is -2.24. The molecule has 0 aliphatic heterocycles. The van der Waals surface area contributed by atoms with Crippen LogP contribution in [-0.2, 0) is 40.4 Å². The Bertz CT molecular complexity index is 1670. The number of nitrogens with zero attached hydrogens (tertiary/aromatic N) is 2. The molecule has 0 unspecified atom stereocenters. The highest BCUT2D eigenvalue weighted by Crippen LogP contribution is 2.44. The number of hydrogen-bond acceptors (Lipinski definition) is 5. The van der Waals surface area contributed by atoms with Crippen molar-refractivity contribution >= 4 is 39.4 Å². The Morgan fingerprint density at radius 1 is 0.907 bits per heavy atom. The highest BCUT2D eigenvalue weighted by molar-refractivity contribution is 6.45. The fourth-order valence-electron chi connectivity index (χ4n) is 6.81. The van der Waals surface area contributed by atoms with Gasteiger partial charge in [-0.25, -0.2) is 5.06 Å². The molecule has 224 valence electrons. The van der Waals surface area contributed by atoms with Crippen LogP contribution in [0.2, 0.25) is 0 Å². The van der Waals surface area contributed by atoms with Crippen molar-refractivity contribution in [1.82, 2.24) is 9.63 Å². The molecule has 0 radical (unpaired) electrons. The van der Waals surface area contributed by atoms with Gasteiger partial charge in [0, 0.05) is 30.1 Å². The van der Waals surface area contributed by atoms with E-state index in [2.05, 4.69) is 10.6 Å². The van der Waals surface area contributed by atoms with E-state index in [4.69, 9.17) is 15.3 Å². The number of Topliss-reactive ketones (excluding diaryl/α,β-unsaturated/α-hetero) is 1. The minimum atomic E-state index is -0.992. The van der Waals surface area contributed by atoms with Crippen molar-refractivity contribution in [3.63, 3.8) is 0 Å². The number of rotatable bonds is 10. The topological polar surface area (TPSA) is 104 Å². The summed E-state index contributed by atoms with van der Waals surface area (Å²) < 4.78 is 8.75. The van der Waals surface area contributed by atoms with Gasteiger partial charge in [-0.05, 0) is 73.3 Å². The second-order valence-electron chi connectivity index (χ2n) is 11.9. The third-order valence-corrected chi connectivity index (χ3v) is 9.05. The lowest BCUT2D eigenvalue weighted by molar-refractivity contribution is -0.184. The third kappa shape index (κ3) is 5.89. The first-order chi connectivity index (χ1) is 20.9. The Hall–Kier alpha value is -4.17. The van der Waals surface area contributed by atoms with Gasteiger partial charge in [-0.2, -0.15) is 0 Å². The highest BCUT2D eigenvalue weighted by Gasteiger charge is 2.28. The molecule has 6 rings (SSSR count). The van der Waals surface area contributed by atoms with Crippen LogP contribution in [-0.4, -0.2) is 40.9 Å². The van der Waals surface area contributed by atoms with Crippen LogP contribution in [0.1, 0.15) is 72.0 Å². The van der Waals surface area contributed by atoms with Gasteiger partial charge in [-0.15, -0.1) is 0 Å². The van der Waals surface area contributed by atoms with Crippen molar-refractivity contribution in [2.24, 2.45) is 11.7 Å². The van der Waals surface area contributed by atoms with Crippen LogP contribution in [0.4, 0.5) is 0 Å². The normalized spacial score (nSPS) is 15.4. The van der Waals surface area contributed by atoms with Gasteiger partial charge in [0.25, 0.3) is 17.6 Å². The van der Waals surface area contributed by atoms with Crippen molar-refractivity contribution < 1.29 is 24.0 Å². The minimum Gasteiger partial charge on any atom is -0.483 e. The number of amides is 2. The number of ketones is 1. The van der Waals surface area contributed by atoms with Gasteiger partial charge < -0.3 is 15.0 Å². The van der Waals surface area contributed by atoms with Crippen LogP contribution < -0.4 is 10.5 Å². The summed E-state index contributed by atoms with van der Waals surface area (Å²) in [6, 6.07) is 17.4. The summed E-state index contributed by atoms with van der Waals surface area (Å²) in [6.07, 6.45) is 9.88. The number of fused-ring (bicyclic) bond motifs is 4. The van der Waals surface area contributed by atoms with Crippen LogP contribution >= 0.6 is 0 Å². The number of primary amides is 1. The monoisotopic (exact) mass is 581 g/mol. The summed E-state index contributed by atoms with van der Waals surface area (Å²) in [5.74, 6) is -0.893. The lowest BCUT2D eigenvalue weighted by atomic mass is 9.88. The van der Waals surface area contributed by atoms with E-state index in [0.29, 0.717) is 17.1 Å². The number of hydroxylamine groups is 2. The molecular formula is C35H39N3O5. The molecule has 8 nitrogen and oxygen atoms in total. The molecule has 43 heavy (non-hydrogen) atoms. The molecule has 2 aliphatic carbocycles. The van der Waals surface area contributed by atoms with Crippen LogP contribution in [0.25, 0.3) is 21.8 Å². The molecule has 0 spiro atoms. The predicted octanol–water partition coefficient (Wildman–Crippen LogP) is 5.89. The van der Waals surface area contributed by atoms with Crippen molar-refractivity contribution in [3.8, 4) is 5.75 Å². The molecule has 1 heterocycles. The number of aryl methyl sites for hydroxylation is 1. The molecule has 2 aliphatic rings. The number of hydrogen-bond donors (Lipinski definition) is 1. The molecule has 8 heteroatoms. The lowest BCUT2D eigenvalue weighted by Crippen LogP contribution is -2.31. The quantitative estimate of drug-likeness (QED) is 0.143. The Labute approximate surface area is 251 Å². The van der Waals surface area contributed by atoms with Crippen molar-refractivity contribution in [2.75, 3.05) is 13.7 Å². The maximum absolute atomic E-state index is 13.2. The summed E-state index contributed by atoms with van der Waals surface area (Å²) in [6.45, 7) is 0.862. The Kier molecular flexibility index (Phi) is 8.47. The number of benzene rings is 3. The summed E-state index contributed by atoms with van der Waals surface area (Å²) >= 11 is 0. The number of ether oxygens (including phenoxy) is 1. The van der Waals surface area contributed by atoms with E-state index < -0.39 is 11.7 Å². The number of carbonyl (C=O) groups excluding carboxylic acids is 3. The molecule has 1 aromatic heterocycles. The average Bonchev–Trinajstić information content (AvgIpc) is 3.35. The van der Waals surface area contributed by atoms with Crippen molar-refractivity contribution in [2.45, 2.75) is 70.9 Å². The van der Waals surface area contributed by atoms with Crippen LogP contribution in [0, 0.1) is 5.92 Å². The molecule has 0 saturated heterocycles. The van der Waals surface area contributed by atoms with Gasteiger partial charge in [0.15, 0.2) is 6.61 Å². The second-order valence-corrected chi connectivity index (χ2v) is 11.9. The molecule has 0 bridgehead atoms. The van der Waals surface area contributed by atoms with E-state index in [1.54, 1.807) is 13.1 Å². The Morgan fingerprint density at radius 3 is 2.44 bits per heavy atom. The summed E-state index contributed by atoms with van der Waals surface area (Å²) in [4.78, 5) is 44.2. The van der Waals surface area contributed by atoms with E-state index >= 15 is 0 Å². The van der Waals surface area contributed by atoms with E-state index in [0.717, 1.165) is 59.8 Å². The fourth-order valence-corrected chi connectivity index (χ4v) is 6.81. The molecule has 2 N–H and O–H groups in total. The Balaban J connectivity index is 1.43. The van der Waals surface area contributed by atoms with E-state index in [1.165, 1.54) is 42.7 Å². The minimum absolute atomic E-state index is 0.224. The molecule has 2 amide bonds. The summed E-state index contributed by atoms with van der Waals surface area (Å²) in [5, 5.41) is 2.66. The fraction of sp³-hybridized carbons (Fsp3) is 0.400. The van der Waals surface area contributed by atoms with Gasteiger partial charge in [0.1, 0.15) is 12.4 Å². The highest BCUT2D eigenvalue weighted by atomic mass is 16.7. The van der Waals surface area contributed by atoms with Gasteiger partial charge in [0.2, 0.25) is 0 Å². The van der Waals surface area contributed by atoms with Crippen LogP contribution in [0.15, 0.2) is 54.6 Å². The largest absolute Gasteiger partial charge is 0.483 e. The zero-order valence-electron chi connectivity index (χ0n) is 24.8. The molecule has 4 aromatic rings. The van der Waals surface area contributed by atoms with E-state index in [9.17, 15) is 14.4 Å². The first kappa shape index (κ1) is 28.9. The van der Waals surface area contributed by atoms with Crippen LogP contribution in [0.3, 0.4) is 0 Å². The summed E-state index contributed by atoms with van der Waals surface area (Å²) in [7, 11) is 1.59. The maximum atomic E-state index is 13.2. The van der Waals surface area contributed by atoms with E-state index in [1.807, 2.05) is 42.5 Å². The smallest absolute Gasteiger partial charge is 0.289 e. The van der Waals surface area contributed by atoms with Gasteiger partial charge >= 0.3 is 0 Å². The predicted molar refractivity (Wildman–Crippen MR) is 166 cm³/mol. The first-order valence-corrected chi connectivity index (χ1v) is 15.4. The number of aromatic nitrogens is 1. The molecule has 1 saturated carbocycles. The zero-order valence-corrected chi connectivity index (χ0v) is 24.8. The first-order valence-electron chi connectivity index (χ1n) is 15.4. The molecular weight excluding hydrogens is 542 g/mol. The van der Waals surface area contributed by atoms with Gasteiger partial charge in [0.05, 0.1) is 10.9 Å². The van der Waals surface area contributed by atoms with Gasteiger partial charge in [-0.1, -0.05) is 61.7 Å². The van der Waals surface area contributed by atoms with Gasteiger partial charge in [-0.3, -0.25) is 19.2 Å². The van der Waals surface area contributed by atoms with Crippen molar-refractivity contribution in [3.05, 3.63) is 76.9 Å². The zero-order chi connectivity index (χ0) is 29.9. The van der Waals surface area contributed by atoms with E-state index in [-0.39, 0.29) is 24.7 Å². The summed E-state index contributed by atoms with van der Waals surface area (Å²) in [5.41, 5.74) is 10.9. The third-order valence-electron chi connectivity index (χ3n) is 9.05. The van der Waals surface area contributed by atoms with Crippen molar-refractivity contribution in [1.29, 1.82) is 0 Å². The number of nitrogens with two attached hydrogens (primary N) is 1. The maximum Gasteiger partial charge on any atom is 0.289 e. The number of carbonyl (C=O) groups is 3. The second kappa shape index (κ2) is 12.6. The molecule has 0 atom stereocenters. The Morgan fingerprint density at radius 2 is 1.67 bits per heavy atom.